The molecule has 5 heteroatoms. The Bertz CT molecular complexity index is 813. The van der Waals surface area contributed by atoms with Gasteiger partial charge in [0, 0.05) is 25.7 Å². The minimum absolute atomic E-state index is 0.0753. The maximum absolute atomic E-state index is 13.1. The Morgan fingerprint density at radius 1 is 0.968 bits per heavy atom. The molecule has 0 radical (unpaired) electrons. The number of carbonyl (C=O) groups excluding carboxylic acids is 1. The summed E-state index contributed by atoms with van der Waals surface area (Å²) in [6.07, 6.45) is 1.58. The lowest BCUT2D eigenvalue weighted by Crippen LogP contribution is -2.50. The molecule has 2 aromatic carbocycles. The van der Waals surface area contributed by atoms with E-state index >= 15 is 0 Å². The lowest BCUT2D eigenvalue weighted by Gasteiger charge is -2.43. The summed E-state index contributed by atoms with van der Waals surface area (Å²) < 4.78 is 11.1. The Morgan fingerprint density at radius 3 is 2.19 bits per heavy atom. The highest BCUT2D eigenvalue weighted by atomic mass is 16.5. The minimum Gasteiger partial charge on any atom is -0.465 e. The van der Waals surface area contributed by atoms with Crippen molar-refractivity contribution in [2.75, 3.05) is 52.5 Å². The highest BCUT2D eigenvalue weighted by Gasteiger charge is 2.44. The zero-order chi connectivity index (χ0) is 21.5. The van der Waals surface area contributed by atoms with Crippen LogP contribution in [-0.4, -0.2) is 68.3 Å². The first kappa shape index (κ1) is 22.0. The van der Waals surface area contributed by atoms with E-state index in [1.165, 1.54) is 5.56 Å². The van der Waals surface area contributed by atoms with Crippen LogP contribution in [0.2, 0.25) is 0 Å². The van der Waals surface area contributed by atoms with Gasteiger partial charge in [0.05, 0.1) is 25.2 Å². The Morgan fingerprint density at radius 2 is 1.58 bits per heavy atom. The van der Waals surface area contributed by atoms with Crippen LogP contribution in [0.3, 0.4) is 0 Å². The standard InChI is InChI=1S/C26H34N2O3/c1-2-31-25(29)26(23-11-7-4-8-12-23)13-15-27(16-14-26)21-24(22-9-5-3-6-10-22)28-17-19-30-20-18-28/h3-12,24H,2,13-21H2,1H3. The van der Waals surface area contributed by atoms with E-state index in [-0.39, 0.29) is 5.97 Å². The molecule has 2 saturated heterocycles. The van der Waals surface area contributed by atoms with Crippen LogP contribution in [0.15, 0.2) is 60.7 Å². The predicted octanol–water partition coefficient (Wildman–Crippen LogP) is 3.66. The van der Waals surface area contributed by atoms with Gasteiger partial charge >= 0.3 is 5.97 Å². The summed E-state index contributed by atoms with van der Waals surface area (Å²) >= 11 is 0. The first-order chi connectivity index (χ1) is 15.2. The molecule has 2 aliphatic heterocycles. The van der Waals surface area contributed by atoms with Gasteiger partial charge in [-0.3, -0.25) is 9.69 Å². The van der Waals surface area contributed by atoms with Gasteiger partial charge in [0.25, 0.3) is 0 Å². The van der Waals surface area contributed by atoms with E-state index < -0.39 is 5.41 Å². The van der Waals surface area contributed by atoms with Crippen LogP contribution in [-0.2, 0) is 19.7 Å². The minimum atomic E-state index is -0.533. The second-order valence-electron chi connectivity index (χ2n) is 8.54. The van der Waals surface area contributed by atoms with Crippen molar-refractivity contribution in [3.8, 4) is 0 Å². The van der Waals surface area contributed by atoms with Crippen LogP contribution in [0.1, 0.15) is 36.9 Å². The zero-order valence-electron chi connectivity index (χ0n) is 18.5. The van der Waals surface area contributed by atoms with Gasteiger partial charge in [0.15, 0.2) is 0 Å². The SMILES string of the molecule is CCOC(=O)C1(c2ccccc2)CCN(CC(c2ccccc2)N2CCOCC2)CC1. The molecule has 2 aromatic rings. The summed E-state index contributed by atoms with van der Waals surface area (Å²) in [5.41, 5.74) is 1.91. The van der Waals surface area contributed by atoms with Crippen LogP contribution in [0.5, 0.6) is 0 Å². The Balaban J connectivity index is 1.49. The molecule has 0 saturated carbocycles. The third-order valence-electron chi connectivity index (χ3n) is 6.80. The Labute approximate surface area is 185 Å². The van der Waals surface area contributed by atoms with Crippen LogP contribution < -0.4 is 0 Å². The van der Waals surface area contributed by atoms with Gasteiger partial charge in [0.1, 0.15) is 0 Å². The number of ether oxygens (including phenoxy) is 2. The molecule has 5 nitrogen and oxygen atoms in total. The number of likely N-dealkylation sites (tertiary alicyclic amines) is 1. The fourth-order valence-corrected chi connectivity index (χ4v) is 5.00. The first-order valence-corrected chi connectivity index (χ1v) is 11.5. The molecule has 0 aliphatic carbocycles. The molecular formula is C26H34N2O3. The van der Waals surface area contributed by atoms with Gasteiger partial charge < -0.3 is 14.4 Å². The second-order valence-corrected chi connectivity index (χ2v) is 8.54. The zero-order valence-corrected chi connectivity index (χ0v) is 18.5. The van der Waals surface area contributed by atoms with E-state index in [1.807, 2.05) is 25.1 Å². The average Bonchev–Trinajstić information content (AvgIpc) is 2.85. The Kier molecular flexibility index (Phi) is 7.38. The smallest absolute Gasteiger partial charge is 0.316 e. The maximum atomic E-state index is 13.1. The third kappa shape index (κ3) is 5.00. The van der Waals surface area contributed by atoms with E-state index in [0.717, 1.165) is 64.3 Å². The monoisotopic (exact) mass is 422 g/mol. The van der Waals surface area contributed by atoms with Crippen molar-refractivity contribution < 1.29 is 14.3 Å². The molecule has 4 rings (SSSR count). The van der Waals surface area contributed by atoms with E-state index in [4.69, 9.17) is 9.47 Å². The van der Waals surface area contributed by atoms with Crippen molar-refractivity contribution in [2.24, 2.45) is 0 Å². The summed E-state index contributed by atoms with van der Waals surface area (Å²) in [6, 6.07) is 21.3. The van der Waals surface area contributed by atoms with Crippen molar-refractivity contribution in [1.29, 1.82) is 0 Å². The van der Waals surface area contributed by atoms with Gasteiger partial charge in [-0.15, -0.1) is 0 Å². The molecular weight excluding hydrogens is 388 g/mol. The number of morpholine rings is 1. The van der Waals surface area contributed by atoms with E-state index in [9.17, 15) is 4.79 Å². The molecule has 1 unspecified atom stereocenters. The molecule has 0 bridgehead atoms. The predicted molar refractivity (Wildman–Crippen MR) is 122 cm³/mol. The third-order valence-corrected chi connectivity index (χ3v) is 6.80. The highest BCUT2D eigenvalue weighted by Crippen LogP contribution is 2.37. The van der Waals surface area contributed by atoms with Gasteiger partial charge in [-0.2, -0.15) is 0 Å². The Hall–Kier alpha value is -2.21. The number of benzene rings is 2. The quantitative estimate of drug-likeness (QED) is 0.637. The van der Waals surface area contributed by atoms with Crippen molar-refractivity contribution in [3.63, 3.8) is 0 Å². The van der Waals surface area contributed by atoms with Crippen LogP contribution in [0, 0.1) is 0 Å². The van der Waals surface area contributed by atoms with E-state index in [1.54, 1.807) is 0 Å². The molecule has 0 aromatic heterocycles. The summed E-state index contributed by atoms with van der Waals surface area (Å²) in [7, 11) is 0. The van der Waals surface area contributed by atoms with Gasteiger partial charge in [-0.1, -0.05) is 60.7 Å². The fraction of sp³-hybridized carbons (Fsp3) is 0.500. The highest BCUT2D eigenvalue weighted by molar-refractivity contribution is 5.83. The van der Waals surface area contributed by atoms with Crippen LogP contribution >= 0.6 is 0 Å². The molecule has 0 spiro atoms. The summed E-state index contributed by atoms with van der Waals surface area (Å²) in [6.45, 7) is 8.57. The summed E-state index contributed by atoms with van der Waals surface area (Å²) in [4.78, 5) is 18.1. The fourth-order valence-electron chi connectivity index (χ4n) is 5.00. The van der Waals surface area contributed by atoms with Gasteiger partial charge in [-0.25, -0.2) is 0 Å². The number of rotatable bonds is 7. The van der Waals surface area contributed by atoms with E-state index in [2.05, 4.69) is 52.3 Å². The number of piperidine rings is 1. The van der Waals surface area contributed by atoms with E-state index in [0.29, 0.717) is 12.6 Å². The summed E-state index contributed by atoms with van der Waals surface area (Å²) in [5, 5.41) is 0. The molecule has 2 aliphatic rings. The van der Waals surface area contributed by atoms with Crippen molar-refractivity contribution >= 4 is 5.97 Å². The number of nitrogens with zero attached hydrogens (tertiary/aromatic N) is 2. The largest absolute Gasteiger partial charge is 0.465 e. The molecule has 0 N–H and O–H groups in total. The van der Waals surface area contributed by atoms with Crippen molar-refractivity contribution in [1.82, 2.24) is 9.80 Å². The molecule has 2 fully saturated rings. The van der Waals surface area contributed by atoms with Crippen molar-refractivity contribution in [2.45, 2.75) is 31.2 Å². The molecule has 166 valence electrons. The molecule has 31 heavy (non-hydrogen) atoms. The number of esters is 1. The topological polar surface area (TPSA) is 42.0 Å². The maximum Gasteiger partial charge on any atom is 0.316 e. The van der Waals surface area contributed by atoms with Crippen molar-refractivity contribution in [3.05, 3.63) is 71.8 Å². The molecule has 2 heterocycles. The lowest BCUT2D eigenvalue weighted by atomic mass is 9.72. The van der Waals surface area contributed by atoms with Gasteiger partial charge in [-0.05, 0) is 44.0 Å². The lowest BCUT2D eigenvalue weighted by molar-refractivity contribution is -0.152. The normalized spacial score (nSPS) is 20.8. The number of carbonyl (C=O) groups is 1. The summed E-state index contributed by atoms with van der Waals surface area (Å²) in [5.74, 6) is -0.0753. The first-order valence-electron chi connectivity index (χ1n) is 11.5. The second kappa shape index (κ2) is 10.4. The number of hydrogen-bond donors (Lipinski definition) is 0. The average molecular weight is 423 g/mol. The molecule has 1 atom stereocenters. The van der Waals surface area contributed by atoms with Gasteiger partial charge in [0.2, 0.25) is 0 Å². The number of hydrogen-bond acceptors (Lipinski definition) is 5. The molecule has 0 amide bonds. The van der Waals surface area contributed by atoms with Crippen LogP contribution in [0.4, 0.5) is 0 Å². The van der Waals surface area contributed by atoms with Crippen LogP contribution in [0.25, 0.3) is 0 Å².